The largest absolute Gasteiger partial charge is 0.456 e. The lowest BCUT2D eigenvalue weighted by Gasteiger charge is -2.28. The summed E-state index contributed by atoms with van der Waals surface area (Å²) >= 11 is 0. The van der Waals surface area contributed by atoms with E-state index in [0.717, 1.165) is 72.1 Å². The van der Waals surface area contributed by atoms with Crippen molar-refractivity contribution in [3.8, 4) is 22.3 Å². The second kappa shape index (κ2) is 11.0. The summed E-state index contributed by atoms with van der Waals surface area (Å²) in [6, 6.07) is 62.0. The topological polar surface area (TPSA) is 29.5 Å². The van der Waals surface area contributed by atoms with Gasteiger partial charge in [0.25, 0.3) is 0 Å². The molecule has 2 heterocycles. The second-order valence-corrected chi connectivity index (χ2v) is 12.5. The molecule has 230 valence electrons. The van der Waals surface area contributed by atoms with Gasteiger partial charge in [-0.3, -0.25) is 0 Å². The molecule has 8 aromatic carbocycles. The van der Waals surface area contributed by atoms with Gasteiger partial charge in [-0.15, -0.1) is 0 Å². The molecule has 10 rings (SSSR count). The molecular weight excluding hydrogens is 599 g/mol. The number of benzene rings is 8. The van der Waals surface area contributed by atoms with Crippen LogP contribution in [0.1, 0.15) is 0 Å². The van der Waals surface area contributed by atoms with Crippen molar-refractivity contribution in [2.45, 2.75) is 0 Å². The molecule has 0 saturated heterocycles. The van der Waals surface area contributed by atoms with Gasteiger partial charge >= 0.3 is 0 Å². The van der Waals surface area contributed by atoms with E-state index in [1.807, 2.05) is 24.3 Å². The molecule has 0 fully saturated rings. The third-order valence-corrected chi connectivity index (χ3v) is 9.65. The van der Waals surface area contributed by atoms with Crippen molar-refractivity contribution in [1.29, 1.82) is 0 Å². The van der Waals surface area contributed by atoms with Crippen molar-refractivity contribution >= 4 is 71.7 Å². The predicted octanol–water partition coefficient (Wildman–Crippen LogP) is 13.4. The third-order valence-electron chi connectivity index (χ3n) is 9.65. The van der Waals surface area contributed by atoms with Gasteiger partial charge in [0.05, 0.1) is 5.69 Å². The fraction of sp³-hybridized carbons (Fsp3) is 0. The molecule has 0 radical (unpaired) electrons. The van der Waals surface area contributed by atoms with Gasteiger partial charge in [-0.2, -0.15) is 0 Å². The zero-order valence-corrected chi connectivity index (χ0v) is 26.5. The summed E-state index contributed by atoms with van der Waals surface area (Å²) in [5, 5.41) is 6.69. The Morgan fingerprint density at radius 1 is 0.367 bits per heavy atom. The molecule has 2 aromatic heterocycles. The molecular formula is C46H29NO2. The van der Waals surface area contributed by atoms with E-state index in [9.17, 15) is 0 Å². The fourth-order valence-corrected chi connectivity index (χ4v) is 7.36. The molecule has 3 heteroatoms. The predicted molar refractivity (Wildman–Crippen MR) is 204 cm³/mol. The fourth-order valence-electron chi connectivity index (χ4n) is 7.36. The van der Waals surface area contributed by atoms with E-state index in [1.54, 1.807) is 0 Å². The van der Waals surface area contributed by atoms with E-state index in [0.29, 0.717) is 0 Å². The van der Waals surface area contributed by atoms with Crippen LogP contribution in [0.4, 0.5) is 17.1 Å². The summed E-state index contributed by atoms with van der Waals surface area (Å²) in [6.45, 7) is 0. The van der Waals surface area contributed by atoms with Crippen molar-refractivity contribution in [3.05, 3.63) is 176 Å². The Labute approximate surface area is 282 Å². The Balaban J connectivity index is 1.30. The van der Waals surface area contributed by atoms with Gasteiger partial charge in [0.1, 0.15) is 16.7 Å². The lowest BCUT2D eigenvalue weighted by molar-refractivity contribution is 0.663. The lowest BCUT2D eigenvalue weighted by Crippen LogP contribution is -2.11. The Morgan fingerprint density at radius 2 is 0.980 bits per heavy atom. The summed E-state index contributed by atoms with van der Waals surface area (Å²) in [5.41, 5.74) is 11.0. The molecule has 0 bridgehead atoms. The van der Waals surface area contributed by atoms with E-state index < -0.39 is 0 Å². The smallest absolute Gasteiger partial charge is 0.160 e. The van der Waals surface area contributed by atoms with Crippen LogP contribution < -0.4 is 4.90 Å². The van der Waals surface area contributed by atoms with E-state index in [-0.39, 0.29) is 0 Å². The Bertz CT molecular complexity index is 2810. The highest BCUT2D eigenvalue weighted by molar-refractivity contribution is 6.27. The standard InChI is InChI=1S/C46H29NO2/c1-3-11-30(12-4-1)32-21-23-36(24-22-32)47(35-15-5-2-6-16-35)45-37(34-20-19-31-13-7-8-14-33(31)29-34)25-26-39-44-42(49-46(39)45)28-27-41-43(44)38-17-9-10-18-40(38)48-41/h1-29H. The molecule has 0 N–H and O–H groups in total. The van der Waals surface area contributed by atoms with Crippen LogP contribution in [0.15, 0.2) is 185 Å². The zero-order valence-electron chi connectivity index (χ0n) is 26.5. The maximum atomic E-state index is 6.99. The summed E-state index contributed by atoms with van der Waals surface area (Å²) in [4.78, 5) is 2.34. The average Bonchev–Trinajstić information content (AvgIpc) is 3.74. The molecule has 0 aliphatic heterocycles. The summed E-state index contributed by atoms with van der Waals surface area (Å²) < 4.78 is 13.3. The highest BCUT2D eigenvalue weighted by atomic mass is 16.3. The van der Waals surface area contributed by atoms with Crippen LogP contribution in [0.25, 0.3) is 76.9 Å². The molecule has 49 heavy (non-hydrogen) atoms. The van der Waals surface area contributed by atoms with Gasteiger partial charge in [-0.25, -0.2) is 0 Å². The number of para-hydroxylation sites is 2. The highest BCUT2D eigenvalue weighted by Gasteiger charge is 2.25. The van der Waals surface area contributed by atoms with Crippen LogP contribution in [0.5, 0.6) is 0 Å². The minimum atomic E-state index is 0.828. The van der Waals surface area contributed by atoms with Crippen molar-refractivity contribution in [3.63, 3.8) is 0 Å². The van der Waals surface area contributed by atoms with Gasteiger partial charge in [-0.1, -0.05) is 121 Å². The average molecular weight is 628 g/mol. The molecule has 0 saturated carbocycles. The SMILES string of the molecule is c1ccc(-c2ccc(N(c3ccccc3)c3c(-c4ccc5ccccc5c4)ccc4c3oc3ccc5oc6ccccc6c5c34)cc2)cc1. The van der Waals surface area contributed by atoms with Gasteiger partial charge < -0.3 is 13.7 Å². The van der Waals surface area contributed by atoms with Crippen LogP contribution in [0, 0.1) is 0 Å². The van der Waals surface area contributed by atoms with E-state index in [4.69, 9.17) is 8.83 Å². The van der Waals surface area contributed by atoms with Crippen molar-refractivity contribution < 1.29 is 8.83 Å². The number of anilines is 3. The molecule has 0 aliphatic rings. The number of furan rings is 2. The van der Waals surface area contributed by atoms with Gasteiger partial charge in [0.2, 0.25) is 0 Å². The normalized spacial score (nSPS) is 11.7. The Hall–Kier alpha value is -6.58. The van der Waals surface area contributed by atoms with Crippen LogP contribution in [-0.4, -0.2) is 0 Å². The van der Waals surface area contributed by atoms with Crippen molar-refractivity contribution in [1.82, 2.24) is 0 Å². The number of rotatable bonds is 5. The lowest BCUT2D eigenvalue weighted by atomic mass is 9.96. The number of hydrogen-bond donors (Lipinski definition) is 0. The first kappa shape index (κ1) is 27.5. The molecule has 0 amide bonds. The molecule has 0 atom stereocenters. The maximum absolute atomic E-state index is 6.99. The van der Waals surface area contributed by atoms with Crippen LogP contribution in [0.3, 0.4) is 0 Å². The van der Waals surface area contributed by atoms with Crippen LogP contribution in [0.2, 0.25) is 0 Å². The van der Waals surface area contributed by atoms with Gasteiger partial charge in [0, 0.05) is 38.5 Å². The number of nitrogens with zero attached hydrogens (tertiary/aromatic N) is 1. The zero-order chi connectivity index (χ0) is 32.3. The van der Waals surface area contributed by atoms with Crippen molar-refractivity contribution in [2.24, 2.45) is 0 Å². The summed E-state index contributed by atoms with van der Waals surface area (Å²) in [5.74, 6) is 0. The van der Waals surface area contributed by atoms with E-state index in [1.165, 1.54) is 21.9 Å². The van der Waals surface area contributed by atoms with Crippen molar-refractivity contribution in [2.75, 3.05) is 4.90 Å². The molecule has 10 aromatic rings. The quantitative estimate of drug-likeness (QED) is 0.190. The first-order valence-corrected chi connectivity index (χ1v) is 16.6. The molecule has 0 aliphatic carbocycles. The third kappa shape index (κ3) is 4.44. The Morgan fingerprint density at radius 3 is 1.80 bits per heavy atom. The summed E-state index contributed by atoms with van der Waals surface area (Å²) in [6.07, 6.45) is 0. The molecule has 0 spiro atoms. The van der Waals surface area contributed by atoms with E-state index >= 15 is 0 Å². The Kier molecular flexibility index (Phi) is 6.18. The molecule has 3 nitrogen and oxygen atoms in total. The minimum absolute atomic E-state index is 0.828. The first-order chi connectivity index (χ1) is 24.3. The van der Waals surface area contributed by atoms with Gasteiger partial charge in [0.15, 0.2) is 5.58 Å². The molecule has 0 unspecified atom stereocenters. The van der Waals surface area contributed by atoms with E-state index in [2.05, 4.69) is 157 Å². The van der Waals surface area contributed by atoms with Gasteiger partial charge in [-0.05, 0) is 82.1 Å². The maximum Gasteiger partial charge on any atom is 0.160 e. The number of hydrogen-bond acceptors (Lipinski definition) is 3. The van der Waals surface area contributed by atoms with Crippen LogP contribution >= 0.6 is 0 Å². The second-order valence-electron chi connectivity index (χ2n) is 12.5. The first-order valence-electron chi connectivity index (χ1n) is 16.6. The summed E-state index contributed by atoms with van der Waals surface area (Å²) in [7, 11) is 0. The highest BCUT2D eigenvalue weighted by Crippen LogP contribution is 2.49. The van der Waals surface area contributed by atoms with Crippen LogP contribution in [-0.2, 0) is 0 Å². The monoisotopic (exact) mass is 627 g/mol. The number of fused-ring (bicyclic) bond motifs is 8. The minimum Gasteiger partial charge on any atom is -0.456 e.